The third-order valence-electron chi connectivity index (χ3n) is 5.46. The summed E-state index contributed by atoms with van der Waals surface area (Å²) in [6.45, 7) is 2.88. The van der Waals surface area contributed by atoms with Crippen molar-refractivity contribution in [1.82, 2.24) is 9.80 Å². The first-order valence-electron chi connectivity index (χ1n) is 9.37. The minimum atomic E-state index is -2.85. The Morgan fingerprint density at radius 3 is 2.31 bits per heavy atom. The van der Waals surface area contributed by atoms with Crippen LogP contribution in [-0.2, 0) is 4.79 Å². The van der Waals surface area contributed by atoms with Crippen LogP contribution in [0.15, 0.2) is 24.3 Å². The fraction of sp³-hybridized carbons (Fsp3) is 0.632. The molecular formula is C19H27F2N3O2. The second-order valence-corrected chi connectivity index (χ2v) is 7.08. The number of carbonyl (C=O) groups excluding carboxylic acids is 1. The van der Waals surface area contributed by atoms with E-state index in [1.54, 1.807) is 12.1 Å². The topological polar surface area (TPSA) is 44.8 Å². The molecule has 1 atom stereocenters. The predicted octanol–water partition coefficient (Wildman–Crippen LogP) is 3.18. The van der Waals surface area contributed by atoms with Gasteiger partial charge in [0.25, 0.3) is 0 Å². The van der Waals surface area contributed by atoms with E-state index in [-0.39, 0.29) is 17.7 Å². The maximum atomic E-state index is 12.5. The Morgan fingerprint density at radius 2 is 1.73 bits per heavy atom. The highest BCUT2D eigenvalue weighted by Crippen LogP contribution is 2.25. The van der Waals surface area contributed by atoms with E-state index in [0.717, 1.165) is 32.2 Å². The standard InChI is InChI=1S/C19H27F2N3O2/c1-14(23-10-12-24(13-11-23)16-4-2-3-5-16)18(25)22-15-6-8-17(9-7-15)26-19(20)21/h6-9,14,16,19H,2-5,10-13H2,1H3,(H,22,25). The number of hydrogen-bond donors (Lipinski definition) is 1. The number of halogens is 2. The molecule has 1 unspecified atom stereocenters. The van der Waals surface area contributed by atoms with Crippen LogP contribution in [0.5, 0.6) is 5.75 Å². The minimum Gasteiger partial charge on any atom is -0.435 e. The number of amides is 1. The van der Waals surface area contributed by atoms with Crippen LogP contribution >= 0.6 is 0 Å². The van der Waals surface area contributed by atoms with Gasteiger partial charge < -0.3 is 10.1 Å². The molecule has 1 saturated heterocycles. The Morgan fingerprint density at radius 1 is 1.12 bits per heavy atom. The molecule has 0 spiro atoms. The van der Waals surface area contributed by atoms with Crippen molar-refractivity contribution >= 4 is 11.6 Å². The van der Waals surface area contributed by atoms with Crippen LogP contribution in [0.4, 0.5) is 14.5 Å². The molecule has 1 aliphatic heterocycles. The molecule has 1 N–H and O–H groups in total. The van der Waals surface area contributed by atoms with Crippen molar-refractivity contribution in [3.8, 4) is 5.75 Å². The van der Waals surface area contributed by atoms with Crippen LogP contribution in [0, 0.1) is 0 Å². The van der Waals surface area contributed by atoms with Gasteiger partial charge in [-0.05, 0) is 44.0 Å². The molecular weight excluding hydrogens is 340 g/mol. The third-order valence-corrected chi connectivity index (χ3v) is 5.46. The van der Waals surface area contributed by atoms with Crippen molar-refractivity contribution in [2.24, 2.45) is 0 Å². The normalized spacial score (nSPS) is 21.1. The number of carbonyl (C=O) groups is 1. The zero-order valence-corrected chi connectivity index (χ0v) is 15.2. The van der Waals surface area contributed by atoms with Crippen LogP contribution < -0.4 is 10.1 Å². The summed E-state index contributed by atoms with van der Waals surface area (Å²) in [6.07, 6.45) is 5.29. The van der Waals surface area contributed by atoms with Gasteiger partial charge in [-0.2, -0.15) is 8.78 Å². The molecule has 1 aromatic carbocycles. The molecule has 3 rings (SSSR count). The van der Waals surface area contributed by atoms with E-state index in [2.05, 4.69) is 19.9 Å². The maximum absolute atomic E-state index is 12.5. The molecule has 0 aromatic heterocycles. The van der Waals surface area contributed by atoms with Gasteiger partial charge in [0.15, 0.2) is 0 Å². The molecule has 7 heteroatoms. The molecule has 2 aliphatic rings. The number of rotatable bonds is 6. The Hall–Kier alpha value is -1.73. The number of nitrogens with zero attached hydrogens (tertiary/aromatic N) is 2. The number of nitrogens with one attached hydrogen (secondary N) is 1. The highest BCUT2D eigenvalue weighted by Gasteiger charge is 2.29. The molecule has 144 valence electrons. The molecule has 1 heterocycles. The van der Waals surface area contributed by atoms with Gasteiger partial charge in [-0.15, -0.1) is 0 Å². The first-order valence-corrected chi connectivity index (χ1v) is 9.37. The third kappa shape index (κ3) is 4.92. The summed E-state index contributed by atoms with van der Waals surface area (Å²) in [5.74, 6) is -0.00377. The van der Waals surface area contributed by atoms with Gasteiger partial charge in [0, 0.05) is 37.9 Å². The number of ether oxygens (including phenoxy) is 1. The zero-order chi connectivity index (χ0) is 18.5. The van der Waals surface area contributed by atoms with Gasteiger partial charge in [0.2, 0.25) is 5.91 Å². The monoisotopic (exact) mass is 367 g/mol. The Labute approximate surface area is 153 Å². The summed E-state index contributed by atoms with van der Waals surface area (Å²) in [7, 11) is 0. The average molecular weight is 367 g/mol. The number of piperazine rings is 1. The summed E-state index contributed by atoms with van der Waals surface area (Å²) in [4.78, 5) is 17.3. The van der Waals surface area contributed by atoms with Crippen LogP contribution in [0.25, 0.3) is 0 Å². The van der Waals surface area contributed by atoms with Crippen molar-refractivity contribution in [2.75, 3.05) is 31.5 Å². The summed E-state index contributed by atoms with van der Waals surface area (Å²) in [6, 6.07) is 6.49. The SMILES string of the molecule is CC(C(=O)Nc1ccc(OC(F)F)cc1)N1CCN(C2CCCC2)CC1. The fourth-order valence-electron chi connectivity index (χ4n) is 3.89. The highest BCUT2D eigenvalue weighted by atomic mass is 19.3. The quantitative estimate of drug-likeness (QED) is 0.839. The Balaban J connectivity index is 1.47. The second-order valence-electron chi connectivity index (χ2n) is 7.08. The van der Waals surface area contributed by atoms with Crippen molar-refractivity contribution in [1.29, 1.82) is 0 Å². The lowest BCUT2D eigenvalue weighted by Gasteiger charge is -2.40. The van der Waals surface area contributed by atoms with Gasteiger partial charge >= 0.3 is 6.61 Å². The van der Waals surface area contributed by atoms with E-state index >= 15 is 0 Å². The van der Waals surface area contributed by atoms with Gasteiger partial charge in [-0.3, -0.25) is 14.6 Å². The van der Waals surface area contributed by atoms with Crippen LogP contribution in [-0.4, -0.2) is 60.6 Å². The van der Waals surface area contributed by atoms with E-state index < -0.39 is 6.61 Å². The van der Waals surface area contributed by atoms with Gasteiger partial charge in [0.1, 0.15) is 5.75 Å². The number of benzene rings is 1. The predicted molar refractivity (Wildman–Crippen MR) is 96.6 cm³/mol. The van der Waals surface area contributed by atoms with Crippen LogP contribution in [0.3, 0.4) is 0 Å². The summed E-state index contributed by atoms with van der Waals surface area (Å²) < 4.78 is 28.6. The zero-order valence-electron chi connectivity index (χ0n) is 15.2. The van der Waals surface area contributed by atoms with Gasteiger partial charge in [-0.25, -0.2) is 0 Å². The van der Waals surface area contributed by atoms with E-state index in [9.17, 15) is 13.6 Å². The lowest BCUT2D eigenvalue weighted by Crippen LogP contribution is -2.54. The van der Waals surface area contributed by atoms with E-state index in [1.807, 2.05) is 6.92 Å². The van der Waals surface area contributed by atoms with E-state index in [4.69, 9.17) is 0 Å². The molecule has 1 saturated carbocycles. The lowest BCUT2D eigenvalue weighted by molar-refractivity contribution is -0.121. The Bertz CT molecular complexity index is 583. The van der Waals surface area contributed by atoms with Crippen molar-refractivity contribution in [2.45, 2.75) is 51.3 Å². The molecule has 26 heavy (non-hydrogen) atoms. The lowest BCUT2D eigenvalue weighted by atomic mass is 10.1. The van der Waals surface area contributed by atoms with Crippen molar-refractivity contribution < 1.29 is 18.3 Å². The first-order chi connectivity index (χ1) is 12.5. The second kappa shape index (κ2) is 8.77. The first kappa shape index (κ1) is 19.0. The number of hydrogen-bond acceptors (Lipinski definition) is 4. The molecule has 0 radical (unpaired) electrons. The van der Waals surface area contributed by atoms with Crippen molar-refractivity contribution in [3.63, 3.8) is 0 Å². The molecule has 1 aromatic rings. The number of alkyl halides is 2. The van der Waals surface area contributed by atoms with Gasteiger partial charge in [0.05, 0.1) is 6.04 Å². The molecule has 2 fully saturated rings. The van der Waals surface area contributed by atoms with Crippen LogP contribution in [0.2, 0.25) is 0 Å². The fourth-order valence-corrected chi connectivity index (χ4v) is 3.89. The minimum absolute atomic E-state index is 0.0779. The van der Waals surface area contributed by atoms with Gasteiger partial charge in [-0.1, -0.05) is 12.8 Å². The highest BCUT2D eigenvalue weighted by molar-refractivity contribution is 5.94. The maximum Gasteiger partial charge on any atom is 0.387 e. The summed E-state index contributed by atoms with van der Waals surface area (Å²) in [5, 5.41) is 2.85. The average Bonchev–Trinajstić information content (AvgIpc) is 3.17. The number of anilines is 1. The summed E-state index contributed by atoms with van der Waals surface area (Å²) in [5.41, 5.74) is 0.577. The van der Waals surface area contributed by atoms with E-state index in [0.29, 0.717) is 5.69 Å². The van der Waals surface area contributed by atoms with Crippen molar-refractivity contribution in [3.05, 3.63) is 24.3 Å². The largest absolute Gasteiger partial charge is 0.435 e. The molecule has 1 aliphatic carbocycles. The summed E-state index contributed by atoms with van der Waals surface area (Å²) >= 11 is 0. The Kier molecular flexibility index (Phi) is 6.43. The smallest absolute Gasteiger partial charge is 0.387 e. The molecule has 0 bridgehead atoms. The van der Waals surface area contributed by atoms with Crippen LogP contribution in [0.1, 0.15) is 32.6 Å². The molecule has 1 amide bonds. The van der Waals surface area contributed by atoms with E-state index in [1.165, 1.54) is 37.8 Å². The molecule has 5 nitrogen and oxygen atoms in total.